The van der Waals surface area contributed by atoms with Gasteiger partial charge < -0.3 is 10.6 Å². The first-order chi connectivity index (χ1) is 10.8. The van der Waals surface area contributed by atoms with Crippen LogP contribution in [0, 0.1) is 5.82 Å². The molecule has 0 bridgehead atoms. The van der Waals surface area contributed by atoms with Crippen LogP contribution in [-0.2, 0) is 6.18 Å². The van der Waals surface area contributed by atoms with Gasteiger partial charge in [0, 0.05) is 5.69 Å². The van der Waals surface area contributed by atoms with Crippen molar-refractivity contribution in [3.8, 4) is 0 Å². The Morgan fingerprint density at radius 2 is 1.57 bits per heavy atom. The molecule has 2 rings (SSSR count). The predicted molar refractivity (Wildman–Crippen MR) is 85.6 cm³/mol. The Kier molecular flexibility index (Phi) is 5.20. The number of hydrogen-bond acceptors (Lipinski definition) is 1. The summed E-state index contributed by atoms with van der Waals surface area (Å²) in [5.74, 6) is -0.327. The van der Waals surface area contributed by atoms with Crippen molar-refractivity contribution in [2.75, 3.05) is 5.32 Å². The molecule has 7 heteroatoms. The molecule has 23 heavy (non-hydrogen) atoms. The van der Waals surface area contributed by atoms with Crippen LogP contribution in [0.15, 0.2) is 48.5 Å². The quantitative estimate of drug-likeness (QED) is 0.613. The van der Waals surface area contributed by atoms with E-state index in [1.165, 1.54) is 24.3 Å². The molecule has 0 aliphatic heterocycles. The summed E-state index contributed by atoms with van der Waals surface area (Å²) >= 11 is 5.13. The van der Waals surface area contributed by atoms with Crippen LogP contribution < -0.4 is 10.6 Å². The zero-order valence-electron chi connectivity index (χ0n) is 12.1. The second kappa shape index (κ2) is 6.95. The van der Waals surface area contributed by atoms with Gasteiger partial charge >= 0.3 is 6.18 Å². The molecule has 0 aromatic heterocycles. The summed E-state index contributed by atoms with van der Waals surface area (Å²) in [5.41, 5.74) is 0.561. The standard InChI is InChI=1S/C16H14F4N2S/c1-10(11-2-6-13(17)7-3-11)21-15(23)22-14-8-4-12(5-9-14)16(18,19)20/h2-10H,1H3,(H2,21,22,23). The molecule has 122 valence electrons. The van der Waals surface area contributed by atoms with Gasteiger partial charge in [0.1, 0.15) is 5.82 Å². The third-order valence-electron chi connectivity index (χ3n) is 3.19. The van der Waals surface area contributed by atoms with E-state index in [2.05, 4.69) is 10.6 Å². The topological polar surface area (TPSA) is 24.1 Å². The average molecular weight is 342 g/mol. The maximum atomic E-state index is 12.9. The maximum absolute atomic E-state index is 12.9. The summed E-state index contributed by atoms with van der Waals surface area (Å²) in [7, 11) is 0. The number of anilines is 1. The molecule has 0 saturated heterocycles. The van der Waals surface area contributed by atoms with E-state index in [1.54, 1.807) is 12.1 Å². The number of thiocarbonyl (C=S) groups is 1. The van der Waals surface area contributed by atoms with Crippen molar-refractivity contribution in [2.24, 2.45) is 0 Å². The van der Waals surface area contributed by atoms with Gasteiger partial charge in [-0.15, -0.1) is 0 Å². The fourth-order valence-corrected chi connectivity index (χ4v) is 2.24. The lowest BCUT2D eigenvalue weighted by atomic mass is 10.1. The Labute approximate surface area is 136 Å². The molecule has 0 aliphatic rings. The van der Waals surface area contributed by atoms with E-state index in [0.717, 1.165) is 17.7 Å². The highest BCUT2D eigenvalue weighted by Crippen LogP contribution is 2.29. The third-order valence-corrected chi connectivity index (χ3v) is 3.41. The predicted octanol–water partition coefficient (Wildman–Crippen LogP) is 4.89. The average Bonchev–Trinajstić information content (AvgIpc) is 2.47. The van der Waals surface area contributed by atoms with Crippen molar-refractivity contribution in [1.82, 2.24) is 5.32 Å². The molecule has 1 unspecified atom stereocenters. The zero-order valence-corrected chi connectivity index (χ0v) is 12.9. The second-order valence-electron chi connectivity index (χ2n) is 4.95. The molecule has 0 fully saturated rings. The van der Waals surface area contributed by atoms with Gasteiger partial charge in [0.15, 0.2) is 5.11 Å². The van der Waals surface area contributed by atoms with Gasteiger partial charge in [0.2, 0.25) is 0 Å². The lowest BCUT2D eigenvalue weighted by molar-refractivity contribution is -0.137. The molecular weight excluding hydrogens is 328 g/mol. The summed E-state index contributed by atoms with van der Waals surface area (Å²) in [6.07, 6.45) is -4.37. The van der Waals surface area contributed by atoms with Gasteiger partial charge in [-0.05, 0) is 61.1 Å². The van der Waals surface area contributed by atoms with Crippen molar-refractivity contribution >= 4 is 23.0 Å². The summed E-state index contributed by atoms with van der Waals surface area (Å²) in [4.78, 5) is 0. The lowest BCUT2D eigenvalue weighted by Crippen LogP contribution is -2.30. The molecule has 0 saturated carbocycles. The zero-order chi connectivity index (χ0) is 17.0. The van der Waals surface area contributed by atoms with Crippen LogP contribution in [0.25, 0.3) is 0 Å². The molecule has 2 N–H and O–H groups in total. The van der Waals surface area contributed by atoms with Gasteiger partial charge in [-0.1, -0.05) is 12.1 Å². The highest BCUT2D eigenvalue weighted by Gasteiger charge is 2.29. The van der Waals surface area contributed by atoms with E-state index < -0.39 is 11.7 Å². The van der Waals surface area contributed by atoms with Gasteiger partial charge in [0.25, 0.3) is 0 Å². The Morgan fingerprint density at radius 1 is 1.00 bits per heavy atom. The summed E-state index contributed by atoms with van der Waals surface area (Å²) in [6.45, 7) is 1.84. The maximum Gasteiger partial charge on any atom is 0.416 e. The fourth-order valence-electron chi connectivity index (χ4n) is 1.94. The van der Waals surface area contributed by atoms with Crippen molar-refractivity contribution in [3.05, 3.63) is 65.5 Å². The molecule has 1 atom stereocenters. The van der Waals surface area contributed by atoms with Crippen LogP contribution in [0.1, 0.15) is 24.1 Å². The monoisotopic (exact) mass is 342 g/mol. The normalized spacial score (nSPS) is 12.6. The summed E-state index contributed by atoms with van der Waals surface area (Å²) < 4.78 is 50.3. The van der Waals surface area contributed by atoms with Crippen molar-refractivity contribution < 1.29 is 17.6 Å². The summed E-state index contributed by atoms with van der Waals surface area (Å²) in [5, 5.41) is 6.06. The number of rotatable bonds is 3. The minimum atomic E-state index is -4.37. The van der Waals surface area contributed by atoms with Crippen LogP contribution in [0.3, 0.4) is 0 Å². The number of halogens is 4. The largest absolute Gasteiger partial charge is 0.416 e. The smallest absolute Gasteiger partial charge is 0.356 e. The summed E-state index contributed by atoms with van der Waals surface area (Å²) in [6, 6.07) is 10.4. The number of nitrogens with one attached hydrogen (secondary N) is 2. The van der Waals surface area contributed by atoms with E-state index in [1.807, 2.05) is 6.92 Å². The minimum Gasteiger partial charge on any atom is -0.356 e. The molecule has 0 aliphatic carbocycles. The SMILES string of the molecule is CC(NC(=S)Nc1ccc(C(F)(F)F)cc1)c1ccc(F)cc1. The Balaban J connectivity index is 1.95. The van der Waals surface area contributed by atoms with Gasteiger partial charge in [-0.25, -0.2) is 4.39 Å². The van der Waals surface area contributed by atoms with E-state index >= 15 is 0 Å². The van der Waals surface area contributed by atoms with Crippen molar-refractivity contribution in [2.45, 2.75) is 19.1 Å². The molecule has 2 aromatic carbocycles. The molecule has 0 radical (unpaired) electrons. The Morgan fingerprint density at radius 3 is 2.09 bits per heavy atom. The first-order valence-corrected chi connectivity index (χ1v) is 7.17. The van der Waals surface area contributed by atoms with Crippen LogP contribution >= 0.6 is 12.2 Å². The third kappa shape index (κ3) is 4.92. The Hall–Kier alpha value is -2.15. The van der Waals surface area contributed by atoms with E-state index in [0.29, 0.717) is 5.69 Å². The van der Waals surface area contributed by atoms with Crippen molar-refractivity contribution in [3.63, 3.8) is 0 Å². The number of alkyl halides is 3. The highest BCUT2D eigenvalue weighted by molar-refractivity contribution is 7.80. The molecule has 2 nitrogen and oxygen atoms in total. The van der Waals surface area contributed by atoms with Crippen LogP contribution in [0.4, 0.5) is 23.2 Å². The molecule has 0 spiro atoms. The van der Waals surface area contributed by atoms with E-state index in [-0.39, 0.29) is 17.0 Å². The Bertz CT molecular complexity index is 666. The molecule has 0 amide bonds. The van der Waals surface area contributed by atoms with Gasteiger partial charge in [-0.3, -0.25) is 0 Å². The first-order valence-electron chi connectivity index (χ1n) is 6.76. The fraction of sp³-hybridized carbons (Fsp3) is 0.188. The molecular formula is C16H14F4N2S. The van der Waals surface area contributed by atoms with Gasteiger partial charge in [-0.2, -0.15) is 13.2 Å². The molecule has 0 heterocycles. The first kappa shape index (κ1) is 17.2. The van der Waals surface area contributed by atoms with Gasteiger partial charge in [0.05, 0.1) is 11.6 Å². The number of benzene rings is 2. The lowest BCUT2D eigenvalue weighted by Gasteiger charge is -2.17. The van der Waals surface area contributed by atoms with Crippen LogP contribution in [-0.4, -0.2) is 5.11 Å². The van der Waals surface area contributed by atoms with E-state index in [4.69, 9.17) is 12.2 Å². The second-order valence-corrected chi connectivity index (χ2v) is 5.36. The van der Waals surface area contributed by atoms with Crippen LogP contribution in [0.2, 0.25) is 0 Å². The number of hydrogen-bond donors (Lipinski definition) is 2. The highest BCUT2D eigenvalue weighted by atomic mass is 32.1. The van der Waals surface area contributed by atoms with Crippen LogP contribution in [0.5, 0.6) is 0 Å². The van der Waals surface area contributed by atoms with Crippen molar-refractivity contribution in [1.29, 1.82) is 0 Å². The molecule has 2 aromatic rings. The van der Waals surface area contributed by atoms with E-state index in [9.17, 15) is 17.6 Å². The minimum absolute atomic E-state index is 0.176.